The molecule has 0 saturated carbocycles. The molecule has 2 amide bonds. The predicted molar refractivity (Wildman–Crippen MR) is 73.7 cm³/mol. The molecule has 0 radical (unpaired) electrons. The molecule has 0 aromatic heterocycles. The van der Waals surface area contributed by atoms with Crippen molar-refractivity contribution in [1.29, 1.82) is 0 Å². The highest BCUT2D eigenvalue weighted by Gasteiger charge is 2.35. The van der Waals surface area contributed by atoms with E-state index in [1.165, 1.54) is 11.9 Å². The molecular formula is C14H18N2O4. The molecule has 2 rings (SSSR count). The molecule has 1 aliphatic heterocycles. The second kappa shape index (κ2) is 5.81. The molecule has 0 bridgehead atoms. The molecule has 20 heavy (non-hydrogen) atoms. The maximum Gasteiger partial charge on any atom is 0.410 e. The van der Waals surface area contributed by atoms with Crippen molar-refractivity contribution in [2.45, 2.75) is 26.0 Å². The molecule has 6 heteroatoms. The Balaban J connectivity index is 2.10. The zero-order valence-corrected chi connectivity index (χ0v) is 11.8. The third-order valence-corrected chi connectivity index (χ3v) is 2.93. The Hall–Kier alpha value is -2.24. The van der Waals surface area contributed by atoms with E-state index in [-0.39, 0.29) is 18.6 Å². The summed E-state index contributed by atoms with van der Waals surface area (Å²) in [6.07, 6.45) is -0.482. The van der Waals surface area contributed by atoms with Gasteiger partial charge >= 0.3 is 6.09 Å². The average molecular weight is 278 g/mol. The van der Waals surface area contributed by atoms with E-state index in [1.807, 2.05) is 26.0 Å². The summed E-state index contributed by atoms with van der Waals surface area (Å²) in [7, 11) is 1.54. The highest BCUT2D eigenvalue weighted by atomic mass is 16.6. The molecular weight excluding hydrogens is 260 g/mol. The van der Waals surface area contributed by atoms with Crippen molar-refractivity contribution in [1.82, 2.24) is 4.90 Å². The minimum Gasteiger partial charge on any atom is -0.489 e. The fourth-order valence-electron chi connectivity index (χ4n) is 1.89. The molecule has 1 aromatic rings. The molecule has 0 spiro atoms. The lowest BCUT2D eigenvalue weighted by Gasteiger charge is -2.18. The number of para-hydroxylation sites is 2. The number of likely N-dealkylation sites (N-methyl/N-ethyl adjacent to an activating group) is 1. The fraction of sp³-hybridized carbons (Fsp3) is 0.429. The molecule has 1 unspecified atom stereocenters. The lowest BCUT2D eigenvalue weighted by atomic mass is 10.2. The number of benzene rings is 1. The Labute approximate surface area is 117 Å². The van der Waals surface area contributed by atoms with Crippen LogP contribution in [0.2, 0.25) is 0 Å². The van der Waals surface area contributed by atoms with Gasteiger partial charge in [-0.3, -0.25) is 9.69 Å². The van der Waals surface area contributed by atoms with Crippen LogP contribution in [0, 0.1) is 0 Å². The Morgan fingerprint density at radius 1 is 1.45 bits per heavy atom. The third-order valence-electron chi connectivity index (χ3n) is 2.93. The maximum atomic E-state index is 12.2. The number of cyclic esters (lactones) is 1. The number of carbonyl (C=O) groups excluding carboxylic acids is 2. The first-order valence-electron chi connectivity index (χ1n) is 6.45. The number of anilines is 1. The van der Waals surface area contributed by atoms with Gasteiger partial charge in [-0.05, 0) is 26.0 Å². The average Bonchev–Trinajstić information content (AvgIpc) is 2.72. The maximum absolute atomic E-state index is 12.2. The smallest absolute Gasteiger partial charge is 0.410 e. The van der Waals surface area contributed by atoms with Crippen molar-refractivity contribution in [2.24, 2.45) is 0 Å². The molecule has 1 heterocycles. The first kappa shape index (κ1) is 14.2. The van der Waals surface area contributed by atoms with Gasteiger partial charge in [-0.2, -0.15) is 0 Å². The number of amides is 2. The van der Waals surface area contributed by atoms with Crippen LogP contribution in [0.1, 0.15) is 13.8 Å². The van der Waals surface area contributed by atoms with Crippen LogP contribution in [-0.2, 0) is 9.53 Å². The van der Waals surface area contributed by atoms with Crippen LogP contribution in [0.25, 0.3) is 0 Å². The summed E-state index contributed by atoms with van der Waals surface area (Å²) in [5, 5.41) is 2.77. The summed E-state index contributed by atoms with van der Waals surface area (Å²) < 4.78 is 10.5. The number of nitrogens with zero attached hydrogens (tertiary/aromatic N) is 1. The van der Waals surface area contributed by atoms with Gasteiger partial charge in [0.1, 0.15) is 18.4 Å². The van der Waals surface area contributed by atoms with E-state index in [2.05, 4.69) is 5.32 Å². The lowest BCUT2D eigenvalue weighted by molar-refractivity contribution is -0.119. The van der Waals surface area contributed by atoms with Gasteiger partial charge in [-0.15, -0.1) is 0 Å². The van der Waals surface area contributed by atoms with Crippen LogP contribution in [0.3, 0.4) is 0 Å². The van der Waals surface area contributed by atoms with E-state index in [0.29, 0.717) is 11.4 Å². The lowest BCUT2D eigenvalue weighted by Crippen LogP contribution is -2.40. The van der Waals surface area contributed by atoms with Crippen LogP contribution in [0.4, 0.5) is 10.5 Å². The van der Waals surface area contributed by atoms with Crippen molar-refractivity contribution in [3.05, 3.63) is 24.3 Å². The van der Waals surface area contributed by atoms with E-state index in [4.69, 9.17) is 9.47 Å². The zero-order valence-electron chi connectivity index (χ0n) is 11.8. The molecule has 1 atom stereocenters. The molecule has 1 saturated heterocycles. The van der Waals surface area contributed by atoms with Gasteiger partial charge < -0.3 is 14.8 Å². The minimum absolute atomic E-state index is 0.00659. The van der Waals surface area contributed by atoms with E-state index in [9.17, 15) is 9.59 Å². The first-order chi connectivity index (χ1) is 9.49. The van der Waals surface area contributed by atoms with Gasteiger partial charge in [0.25, 0.3) is 5.91 Å². The van der Waals surface area contributed by atoms with Gasteiger partial charge in [-0.1, -0.05) is 12.1 Å². The van der Waals surface area contributed by atoms with Crippen LogP contribution >= 0.6 is 0 Å². The van der Waals surface area contributed by atoms with Crippen LogP contribution in [0.5, 0.6) is 5.75 Å². The van der Waals surface area contributed by atoms with Crippen LogP contribution in [0.15, 0.2) is 24.3 Å². The summed E-state index contributed by atoms with van der Waals surface area (Å²) in [5.74, 6) is 0.307. The summed E-state index contributed by atoms with van der Waals surface area (Å²) in [6, 6.07) is 6.57. The molecule has 1 aromatic carbocycles. The number of hydrogen-bond donors (Lipinski definition) is 1. The van der Waals surface area contributed by atoms with Gasteiger partial charge in [0.05, 0.1) is 11.8 Å². The SMILES string of the molecule is CC(C)Oc1ccccc1NC(=O)C1COC(=O)N1C. The number of rotatable bonds is 4. The van der Waals surface area contributed by atoms with Gasteiger partial charge in [0.2, 0.25) is 0 Å². The summed E-state index contributed by atoms with van der Waals surface area (Å²) in [5.41, 5.74) is 0.582. The van der Waals surface area contributed by atoms with Crippen molar-refractivity contribution in [2.75, 3.05) is 19.0 Å². The van der Waals surface area contributed by atoms with Crippen molar-refractivity contribution in [3.63, 3.8) is 0 Å². The Kier molecular flexibility index (Phi) is 4.12. The van der Waals surface area contributed by atoms with Gasteiger partial charge in [-0.25, -0.2) is 4.79 Å². The highest BCUT2D eigenvalue weighted by Crippen LogP contribution is 2.25. The van der Waals surface area contributed by atoms with E-state index in [1.54, 1.807) is 12.1 Å². The van der Waals surface area contributed by atoms with E-state index in [0.717, 1.165) is 0 Å². The summed E-state index contributed by atoms with van der Waals surface area (Å²) in [4.78, 5) is 24.7. The number of carbonyl (C=O) groups is 2. The fourth-order valence-corrected chi connectivity index (χ4v) is 1.89. The van der Waals surface area contributed by atoms with E-state index < -0.39 is 12.1 Å². The minimum atomic E-state index is -0.616. The molecule has 1 aliphatic rings. The standard InChI is InChI=1S/C14H18N2O4/c1-9(2)20-12-7-5-4-6-10(12)15-13(17)11-8-19-14(18)16(11)3/h4-7,9,11H,8H2,1-3H3,(H,15,17). The first-order valence-corrected chi connectivity index (χ1v) is 6.45. The monoisotopic (exact) mass is 278 g/mol. The second-order valence-corrected chi connectivity index (χ2v) is 4.86. The Morgan fingerprint density at radius 2 is 2.15 bits per heavy atom. The number of hydrogen-bond acceptors (Lipinski definition) is 4. The van der Waals surface area contributed by atoms with Gasteiger partial charge in [0.15, 0.2) is 0 Å². The van der Waals surface area contributed by atoms with E-state index >= 15 is 0 Å². The zero-order chi connectivity index (χ0) is 14.7. The number of nitrogens with one attached hydrogen (secondary N) is 1. The Bertz CT molecular complexity index is 516. The largest absolute Gasteiger partial charge is 0.489 e. The highest BCUT2D eigenvalue weighted by molar-refractivity contribution is 5.98. The molecule has 1 N–H and O–H groups in total. The topological polar surface area (TPSA) is 67.9 Å². The summed E-state index contributed by atoms with van der Waals surface area (Å²) >= 11 is 0. The molecule has 0 aliphatic carbocycles. The van der Waals surface area contributed by atoms with Crippen LogP contribution in [-0.4, -0.2) is 42.7 Å². The van der Waals surface area contributed by atoms with Crippen molar-refractivity contribution in [3.8, 4) is 5.75 Å². The van der Waals surface area contributed by atoms with Crippen molar-refractivity contribution < 1.29 is 19.1 Å². The second-order valence-electron chi connectivity index (χ2n) is 4.86. The van der Waals surface area contributed by atoms with Crippen molar-refractivity contribution >= 4 is 17.7 Å². The quantitative estimate of drug-likeness (QED) is 0.913. The normalized spacial score (nSPS) is 18.1. The number of ether oxygens (including phenoxy) is 2. The molecule has 1 fully saturated rings. The summed E-state index contributed by atoms with van der Waals surface area (Å²) in [6.45, 7) is 3.89. The predicted octanol–water partition coefficient (Wildman–Crippen LogP) is 1.86. The van der Waals surface area contributed by atoms with Gasteiger partial charge in [0, 0.05) is 7.05 Å². The Morgan fingerprint density at radius 3 is 2.75 bits per heavy atom. The third kappa shape index (κ3) is 3.01. The molecule has 108 valence electrons. The molecule has 6 nitrogen and oxygen atoms in total. The van der Waals surface area contributed by atoms with Crippen LogP contribution < -0.4 is 10.1 Å².